The molecule has 0 amide bonds. The zero-order valence-corrected chi connectivity index (χ0v) is 15.1. The van der Waals surface area contributed by atoms with Gasteiger partial charge in [0.25, 0.3) is 0 Å². The van der Waals surface area contributed by atoms with E-state index in [-0.39, 0.29) is 15.5 Å². The highest BCUT2D eigenvalue weighted by Gasteiger charge is 2.21. The summed E-state index contributed by atoms with van der Waals surface area (Å²) < 4.78 is 32.3. The van der Waals surface area contributed by atoms with E-state index in [1.165, 1.54) is 25.3 Å². The Bertz CT molecular complexity index is 847. The molecule has 2 aromatic rings. The Morgan fingerprint density at radius 2 is 1.79 bits per heavy atom. The van der Waals surface area contributed by atoms with Crippen molar-refractivity contribution in [1.29, 1.82) is 0 Å². The van der Waals surface area contributed by atoms with E-state index in [1.807, 2.05) is 31.2 Å². The molecule has 5 nitrogen and oxygen atoms in total. The minimum atomic E-state index is -3.82. The number of methoxy groups -OCH3 is 1. The molecule has 0 saturated heterocycles. The van der Waals surface area contributed by atoms with E-state index in [0.29, 0.717) is 0 Å². The topological polar surface area (TPSA) is 72.5 Å². The van der Waals surface area contributed by atoms with E-state index in [1.54, 1.807) is 6.92 Å². The lowest BCUT2D eigenvalue weighted by Crippen LogP contribution is -2.27. The highest BCUT2D eigenvalue weighted by atomic mass is 35.5. The van der Waals surface area contributed by atoms with Crippen LogP contribution in [0.25, 0.3) is 0 Å². The summed E-state index contributed by atoms with van der Waals surface area (Å²) in [6.07, 6.45) is 0. The maximum Gasteiger partial charge on any atom is 0.339 e. The van der Waals surface area contributed by atoms with Gasteiger partial charge in [-0.1, -0.05) is 41.4 Å². The molecule has 0 aliphatic heterocycles. The summed E-state index contributed by atoms with van der Waals surface area (Å²) in [6.45, 7) is 3.71. The molecule has 2 aromatic carbocycles. The number of halogens is 1. The molecule has 0 aliphatic rings. The minimum Gasteiger partial charge on any atom is -0.465 e. The quantitative estimate of drug-likeness (QED) is 0.821. The number of sulfonamides is 1. The van der Waals surface area contributed by atoms with Gasteiger partial charge in [-0.15, -0.1) is 0 Å². The highest BCUT2D eigenvalue weighted by Crippen LogP contribution is 2.23. The van der Waals surface area contributed by atoms with Crippen LogP contribution in [0.15, 0.2) is 47.4 Å². The summed E-state index contributed by atoms with van der Waals surface area (Å²) in [7, 11) is -2.61. The SMILES string of the molecule is COC(=O)c1cc(S(=O)(=O)N[C@H](C)c2ccc(C)cc2)ccc1Cl. The Morgan fingerprint density at radius 1 is 1.17 bits per heavy atom. The van der Waals surface area contributed by atoms with E-state index >= 15 is 0 Å². The third-order valence-corrected chi connectivity index (χ3v) is 5.43. The molecular formula is C17H18ClNO4S. The van der Waals surface area contributed by atoms with Gasteiger partial charge in [-0.25, -0.2) is 17.9 Å². The third-order valence-electron chi connectivity index (χ3n) is 3.56. The van der Waals surface area contributed by atoms with Crippen LogP contribution in [0.4, 0.5) is 0 Å². The van der Waals surface area contributed by atoms with Gasteiger partial charge in [-0.05, 0) is 37.6 Å². The van der Waals surface area contributed by atoms with Gasteiger partial charge < -0.3 is 4.74 Å². The van der Waals surface area contributed by atoms with E-state index in [9.17, 15) is 13.2 Å². The molecule has 7 heteroatoms. The van der Waals surface area contributed by atoms with Crippen molar-refractivity contribution in [1.82, 2.24) is 4.72 Å². The number of carbonyl (C=O) groups excluding carboxylic acids is 1. The first-order valence-electron chi connectivity index (χ1n) is 7.21. The lowest BCUT2D eigenvalue weighted by Gasteiger charge is -2.15. The fraction of sp³-hybridized carbons (Fsp3) is 0.235. The van der Waals surface area contributed by atoms with Crippen LogP contribution < -0.4 is 4.72 Å². The molecule has 128 valence electrons. The number of benzene rings is 2. The summed E-state index contributed by atoms with van der Waals surface area (Å²) in [4.78, 5) is 11.6. The van der Waals surface area contributed by atoms with E-state index in [0.717, 1.165) is 11.1 Å². The maximum atomic E-state index is 12.6. The standard InChI is InChI=1S/C17H18ClNO4S/c1-11-4-6-13(7-5-11)12(2)19-24(21,22)14-8-9-16(18)15(10-14)17(20)23-3/h4-10,12,19H,1-3H3/t12-/m1/s1. The summed E-state index contributed by atoms with van der Waals surface area (Å²) in [5.74, 6) is -0.691. The van der Waals surface area contributed by atoms with Crippen LogP contribution in [0.3, 0.4) is 0 Å². The zero-order valence-electron chi connectivity index (χ0n) is 13.5. The molecular weight excluding hydrogens is 350 g/mol. The average Bonchev–Trinajstić information content (AvgIpc) is 2.54. The van der Waals surface area contributed by atoms with E-state index in [2.05, 4.69) is 9.46 Å². The Kier molecular flexibility index (Phi) is 5.64. The molecule has 0 spiro atoms. The molecule has 0 aliphatic carbocycles. The van der Waals surface area contributed by atoms with Crippen molar-refractivity contribution < 1.29 is 17.9 Å². The monoisotopic (exact) mass is 367 g/mol. The first kappa shape index (κ1) is 18.4. The van der Waals surface area contributed by atoms with Gasteiger partial charge in [-0.3, -0.25) is 0 Å². The fourth-order valence-corrected chi connectivity index (χ4v) is 3.61. The average molecular weight is 368 g/mol. The third kappa shape index (κ3) is 4.14. The van der Waals surface area contributed by atoms with Gasteiger partial charge in [-0.2, -0.15) is 0 Å². The van der Waals surface area contributed by atoms with Gasteiger partial charge in [0.2, 0.25) is 10.0 Å². The van der Waals surface area contributed by atoms with Crippen molar-refractivity contribution in [2.75, 3.05) is 7.11 Å². The Hall–Kier alpha value is -1.89. The van der Waals surface area contributed by atoms with Gasteiger partial charge in [0.15, 0.2) is 0 Å². The lowest BCUT2D eigenvalue weighted by molar-refractivity contribution is 0.0600. The number of esters is 1. The Morgan fingerprint density at radius 3 is 2.38 bits per heavy atom. The number of aryl methyl sites for hydroxylation is 1. The zero-order chi connectivity index (χ0) is 17.9. The number of hydrogen-bond acceptors (Lipinski definition) is 4. The van der Waals surface area contributed by atoms with Crippen LogP contribution in [-0.2, 0) is 14.8 Å². The molecule has 0 unspecified atom stereocenters. The molecule has 1 atom stereocenters. The van der Waals surface area contributed by atoms with Gasteiger partial charge >= 0.3 is 5.97 Å². The predicted octanol–water partition coefficient (Wildman–Crippen LogP) is 3.47. The van der Waals surface area contributed by atoms with Gasteiger partial charge in [0.05, 0.1) is 22.6 Å². The largest absolute Gasteiger partial charge is 0.465 e. The van der Waals surface area contributed by atoms with Crippen LogP contribution in [0.1, 0.15) is 34.5 Å². The van der Waals surface area contributed by atoms with Crippen molar-refractivity contribution in [3.05, 3.63) is 64.2 Å². The van der Waals surface area contributed by atoms with Gasteiger partial charge in [0.1, 0.15) is 0 Å². The second-order valence-electron chi connectivity index (χ2n) is 5.39. The first-order chi connectivity index (χ1) is 11.2. The molecule has 0 bridgehead atoms. The molecule has 2 rings (SSSR count). The van der Waals surface area contributed by atoms with Crippen molar-refractivity contribution >= 4 is 27.6 Å². The van der Waals surface area contributed by atoms with Crippen LogP contribution >= 0.6 is 11.6 Å². The number of ether oxygens (including phenoxy) is 1. The minimum absolute atomic E-state index is 0.00466. The number of hydrogen-bond donors (Lipinski definition) is 1. The first-order valence-corrected chi connectivity index (χ1v) is 9.07. The van der Waals surface area contributed by atoms with Crippen molar-refractivity contribution in [3.63, 3.8) is 0 Å². The predicted molar refractivity (Wildman–Crippen MR) is 92.7 cm³/mol. The molecule has 24 heavy (non-hydrogen) atoms. The summed E-state index contributed by atoms with van der Waals surface area (Å²) in [6, 6.07) is 11.0. The van der Waals surface area contributed by atoms with Crippen molar-refractivity contribution in [2.24, 2.45) is 0 Å². The molecule has 0 saturated carbocycles. The van der Waals surface area contributed by atoms with Crippen LogP contribution in [-0.4, -0.2) is 21.5 Å². The highest BCUT2D eigenvalue weighted by molar-refractivity contribution is 7.89. The summed E-state index contributed by atoms with van der Waals surface area (Å²) in [5.41, 5.74) is 1.94. The van der Waals surface area contributed by atoms with Crippen LogP contribution in [0.2, 0.25) is 5.02 Å². The van der Waals surface area contributed by atoms with E-state index < -0.39 is 22.0 Å². The Balaban J connectivity index is 2.30. The summed E-state index contributed by atoms with van der Waals surface area (Å²) in [5, 5.41) is 0.132. The second-order valence-corrected chi connectivity index (χ2v) is 7.51. The van der Waals surface area contributed by atoms with Crippen LogP contribution in [0.5, 0.6) is 0 Å². The smallest absolute Gasteiger partial charge is 0.339 e. The molecule has 0 heterocycles. The normalized spacial score (nSPS) is 12.7. The molecule has 0 fully saturated rings. The fourth-order valence-electron chi connectivity index (χ4n) is 2.16. The van der Waals surface area contributed by atoms with Crippen molar-refractivity contribution in [3.8, 4) is 0 Å². The van der Waals surface area contributed by atoms with Crippen molar-refractivity contribution in [2.45, 2.75) is 24.8 Å². The molecule has 0 aromatic heterocycles. The molecule has 0 radical (unpaired) electrons. The second kappa shape index (κ2) is 7.34. The molecule has 1 N–H and O–H groups in total. The maximum absolute atomic E-state index is 12.6. The summed E-state index contributed by atoms with van der Waals surface area (Å²) >= 11 is 5.92. The number of nitrogens with one attached hydrogen (secondary N) is 1. The van der Waals surface area contributed by atoms with Gasteiger partial charge in [0, 0.05) is 6.04 Å². The van der Waals surface area contributed by atoms with E-state index in [4.69, 9.17) is 11.6 Å². The Labute approximate surface area is 146 Å². The number of rotatable bonds is 5. The lowest BCUT2D eigenvalue weighted by atomic mass is 10.1. The van der Waals surface area contributed by atoms with Crippen LogP contribution in [0, 0.1) is 6.92 Å². The number of carbonyl (C=O) groups is 1.